The number of fused-ring (bicyclic) bond motifs is 1. The molecule has 0 fully saturated rings. The van der Waals surface area contributed by atoms with Gasteiger partial charge in [-0.2, -0.15) is 5.10 Å². The van der Waals surface area contributed by atoms with Gasteiger partial charge in [0.1, 0.15) is 0 Å². The number of nitrogens with zero attached hydrogens (tertiary/aromatic N) is 2. The van der Waals surface area contributed by atoms with Gasteiger partial charge in [0.05, 0.1) is 30.1 Å². The lowest BCUT2D eigenvalue weighted by Crippen LogP contribution is -2.20. The fraction of sp³-hybridized carbons (Fsp3) is 0.0769. The highest BCUT2D eigenvalue weighted by molar-refractivity contribution is 6.33. The van der Waals surface area contributed by atoms with E-state index in [2.05, 4.69) is 15.5 Å². The van der Waals surface area contributed by atoms with Gasteiger partial charge in [0.2, 0.25) is 0 Å². The van der Waals surface area contributed by atoms with Gasteiger partial charge in [-0.3, -0.25) is 9.59 Å². The predicted molar refractivity (Wildman–Crippen MR) is 135 cm³/mol. The van der Waals surface area contributed by atoms with E-state index in [0.717, 1.165) is 5.56 Å². The molecule has 0 bridgehead atoms. The second-order valence-corrected chi connectivity index (χ2v) is 7.82. The quantitative estimate of drug-likeness (QED) is 0.285. The van der Waals surface area contributed by atoms with Crippen LogP contribution in [0.15, 0.2) is 77.9 Å². The van der Waals surface area contributed by atoms with E-state index in [1.807, 2.05) is 42.5 Å². The third-order valence-electron chi connectivity index (χ3n) is 5.05. The van der Waals surface area contributed by atoms with Crippen molar-refractivity contribution in [1.29, 1.82) is 0 Å². The molecule has 0 atom stereocenters. The summed E-state index contributed by atoms with van der Waals surface area (Å²) in [5.74, 6) is -0.239. The monoisotopic (exact) mass is 488 g/mol. The Bertz CT molecular complexity index is 1440. The molecule has 1 aromatic heterocycles. The number of carbonyl (C=O) groups excluding carboxylic acids is 2. The summed E-state index contributed by atoms with van der Waals surface area (Å²) in [6.07, 6.45) is 1.47. The number of carbonyl (C=O) groups is 2. The number of benzene rings is 3. The summed E-state index contributed by atoms with van der Waals surface area (Å²) in [7, 11) is 1.47. The summed E-state index contributed by atoms with van der Waals surface area (Å²) < 4.78 is 10.6. The Labute approximate surface area is 206 Å². The van der Waals surface area contributed by atoms with Crippen molar-refractivity contribution in [3.8, 4) is 22.8 Å². The summed E-state index contributed by atoms with van der Waals surface area (Å²) in [5, 5.41) is 5.31. The topological polar surface area (TPSA) is 116 Å². The number of aromatic nitrogens is 1. The fourth-order valence-electron chi connectivity index (χ4n) is 3.43. The van der Waals surface area contributed by atoms with Crippen LogP contribution in [0.2, 0.25) is 5.02 Å². The third kappa shape index (κ3) is 5.56. The molecule has 4 aromatic rings. The molecule has 3 aromatic carbocycles. The summed E-state index contributed by atoms with van der Waals surface area (Å²) in [4.78, 5) is 28.7. The highest BCUT2D eigenvalue weighted by Crippen LogP contribution is 2.30. The number of methoxy groups -OCH3 is 1. The van der Waals surface area contributed by atoms with Crippen molar-refractivity contribution >= 4 is 40.5 Å². The van der Waals surface area contributed by atoms with Crippen LogP contribution in [-0.4, -0.2) is 36.7 Å². The lowest BCUT2D eigenvalue weighted by Gasteiger charge is -2.10. The smallest absolute Gasteiger partial charge is 0.272 e. The molecule has 0 radical (unpaired) electrons. The minimum absolute atomic E-state index is 0.268. The van der Waals surface area contributed by atoms with Crippen molar-refractivity contribution in [3.05, 3.63) is 88.9 Å². The second-order valence-electron chi connectivity index (χ2n) is 7.42. The van der Waals surface area contributed by atoms with Gasteiger partial charge in [-0.25, -0.2) is 10.4 Å². The molecule has 2 amide bonds. The van der Waals surface area contributed by atoms with Gasteiger partial charge in [-0.1, -0.05) is 48.0 Å². The van der Waals surface area contributed by atoms with E-state index in [1.165, 1.54) is 13.3 Å². The van der Waals surface area contributed by atoms with E-state index in [4.69, 9.17) is 26.8 Å². The van der Waals surface area contributed by atoms with E-state index in [1.54, 1.807) is 30.3 Å². The van der Waals surface area contributed by atoms with E-state index in [9.17, 15) is 9.59 Å². The van der Waals surface area contributed by atoms with Gasteiger partial charge >= 0.3 is 0 Å². The van der Waals surface area contributed by atoms with Crippen LogP contribution in [0.1, 0.15) is 15.9 Å². The molecule has 0 spiro atoms. The first-order valence-electron chi connectivity index (χ1n) is 10.5. The maximum atomic E-state index is 13.1. The summed E-state index contributed by atoms with van der Waals surface area (Å²) in [6.45, 7) is -0.268. The average Bonchev–Trinajstić information content (AvgIpc) is 2.87. The molecule has 3 N–H and O–H groups in total. The molecule has 176 valence electrons. The van der Waals surface area contributed by atoms with E-state index < -0.39 is 11.8 Å². The molecule has 0 saturated heterocycles. The normalized spacial score (nSPS) is 10.9. The predicted octanol–water partition coefficient (Wildman–Crippen LogP) is 4.19. The van der Waals surface area contributed by atoms with Crippen LogP contribution in [-0.2, 0) is 4.79 Å². The number of amides is 2. The molecular formula is C26H21ClN4O4. The Morgan fingerprint density at radius 1 is 1.06 bits per heavy atom. The fourth-order valence-corrected chi connectivity index (χ4v) is 3.66. The van der Waals surface area contributed by atoms with Gasteiger partial charge in [0.25, 0.3) is 11.8 Å². The van der Waals surface area contributed by atoms with Crippen molar-refractivity contribution in [3.63, 3.8) is 0 Å². The van der Waals surface area contributed by atoms with Crippen LogP contribution in [0, 0.1) is 0 Å². The number of para-hydroxylation sites is 1. The zero-order valence-corrected chi connectivity index (χ0v) is 19.5. The molecule has 0 aliphatic heterocycles. The first kappa shape index (κ1) is 23.7. The number of ether oxygens (including phenoxy) is 2. The SMILES string of the molecule is COc1cc(/C=N/NC(=O)c2cc(-c3ccccc3Cl)nc3ccccc23)ccc1OCC(N)=O. The number of primary amides is 1. The molecule has 0 aliphatic carbocycles. The van der Waals surface area contributed by atoms with Crippen LogP contribution in [0.4, 0.5) is 0 Å². The highest BCUT2D eigenvalue weighted by Gasteiger charge is 2.15. The molecule has 35 heavy (non-hydrogen) atoms. The van der Waals surface area contributed by atoms with E-state index in [-0.39, 0.29) is 6.61 Å². The first-order chi connectivity index (χ1) is 17.0. The number of hydrazone groups is 1. The lowest BCUT2D eigenvalue weighted by molar-refractivity contribution is -0.119. The van der Waals surface area contributed by atoms with Crippen molar-refractivity contribution < 1.29 is 19.1 Å². The molecule has 4 rings (SSSR count). The van der Waals surface area contributed by atoms with E-state index >= 15 is 0 Å². The summed E-state index contributed by atoms with van der Waals surface area (Å²) in [5.41, 5.74) is 10.7. The van der Waals surface area contributed by atoms with Crippen molar-refractivity contribution in [2.24, 2.45) is 10.8 Å². The van der Waals surface area contributed by atoms with Crippen LogP contribution in [0.25, 0.3) is 22.2 Å². The Kier molecular flexibility index (Phi) is 7.23. The zero-order chi connectivity index (χ0) is 24.8. The van der Waals surface area contributed by atoms with Crippen LogP contribution in [0.5, 0.6) is 11.5 Å². The van der Waals surface area contributed by atoms with Crippen LogP contribution >= 0.6 is 11.6 Å². The highest BCUT2D eigenvalue weighted by atomic mass is 35.5. The van der Waals surface area contributed by atoms with Gasteiger partial charge in [-0.05, 0) is 42.0 Å². The maximum Gasteiger partial charge on any atom is 0.272 e. The average molecular weight is 489 g/mol. The standard InChI is InChI=1S/C26H21ClN4O4/c1-34-24-12-16(10-11-23(24)35-15-25(28)32)14-29-31-26(33)19-13-22(18-7-2-4-8-20(18)27)30-21-9-5-3-6-17(19)21/h2-14H,15H2,1H3,(H2,28,32)(H,31,33)/b29-14+. The lowest BCUT2D eigenvalue weighted by atomic mass is 10.0. The molecule has 0 unspecified atom stereocenters. The summed E-state index contributed by atoms with van der Waals surface area (Å²) in [6, 6.07) is 21.4. The zero-order valence-electron chi connectivity index (χ0n) is 18.7. The minimum Gasteiger partial charge on any atom is -0.493 e. The molecule has 9 heteroatoms. The molecule has 0 saturated carbocycles. The number of pyridine rings is 1. The Morgan fingerprint density at radius 3 is 2.60 bits per heavy atom. The van der Waals surface area contributed by atoms with E-state index in [0.29, 0.717) is 44.2 Å². The van der Waals surface area contributed by atoms with Gasteiger partial charge < -0.3 is 15.2 Å². The van der Waals surface area contributed by atoms with Crippen molar-refractivity contribution in [1.82, 2.24) is 10.4 Å². The van der Waals surface area contributed by atoms with Crippen molar-refractivity contribution in [2.45, 2.75) is 0 Å². The first-order valence-corrected chi connectivity index (χ1v) is 10.9. The molecular weight excluding hydrogens is 468 g/mol. The van der Waals surface area contributed by atoms with Gasteiger partial charge in [0, 0.05) is 16.0 Å². The molecule has 1 heterocycles. The second kappa shape index (κ2) is 10.7. The third-order valence-corrected chi connectivity index (χ3v) is 5.38. The van der Waals surface area contributed by atoms with Crippen LogP contribution in [0.3, 0.4) is 0 Å². The Hall–Kier alpha value is -4.43. The number of hydrogen-bond donors (Lipinski definition) is 2. The Morgan fingerprint density at radius 2 is 1.83 bits per heavy atom. The van der Waals surface area contributed by atoms with Crippen molar-refractivity contribution in [2.75, 3.05) is 13.7 Å². The van der Waals surface area contributed by atoms with Gasteiger partial charge in [0.15, 0.2) is 18.1 Å². The van der Waals surface area contributed by atoms with Gasteiger partial charge in [-0.15, -0.1) is 0 Å². The van der Waals surface area contributed by atoms with Crippen LogP contribution < -0.4 is 20.6 Å². The number of halogens is 1. The maximum absolute atomic E-state index is 13.1. The Balaban J connectivity index is 1.58. The number of nitrogens with two attached hydrogens (primary N) is 1. The molecule has 8 nitrogen and oxygen atoms in total. The summed E-state index contributed by atoms with van der Waals surface area (Å²) >= 11 is 6.36. The number of hydrogen-bond acceptors (Lipinski definition) is 6. The minimum atomic E-state index is -0.596. The number of rotatable bonds is 8. The largest absolute Gasteiger partial charge is 0.493 e. The number of nitrogens with one attached hydrogen (secondary N) is 1. The molecule has 0 aliphatic rings.